The third-order valence-corrected chi connectivity index (χ3v) is 8.53. The van der Waals surface area contributed by atoms with Gasteiger partial charge in [0, 0.05) is 25.7 Å². The van der Waals surface area contributed by atoms with E-state index in [1.165, 1.54) is 24.8 Å². The summed E-state index contributed by atoms with van der Waals surface area (Å²) in [7, 11) is 0. The van der Waals surface area contributed by atoms with Crippen molar-refractivity contribution in [2.45, 2.75) is 88.8 Å². The monoisotopic (exact) mass is 523 g/mol. The second kappa shape index (κ2) is 14.0. The molecule has 3 aliphatic rings. The highest BCUT2D eigenvalue weighted by Crippen LogP contribution is 2.31. The van der Waals surface area contributed by atoms with Gasteiger partial charge < -0.3 is 20.3 Å². The van der Waals surface area contributed by atoms with Gasteiger partial charge in [-0.3, -0.25) is 9.69 Å². The molecule has 3 amide bonds. The zero-order chi connectivity index (χ0) is 26.8. The average molecular weight is 524 g/mol. The number of likely N-dealkylation sites (tertiary alicyclic amines) is 1. The number of nitrogens with one attached hydrogen (secondary N) is 2. The second-order valence-corrected chi connectivity index (χ2v) is 11.4. The van der Waals surface area contributed by atoms with Crippen molar-refractivity contribution < 1.29 is 14.3 Å². The minimum absolute atomic E-state index is 0.172. The van der Waals surface area contributed by atoms with Crippen LogP contribution in [0.2, 0.25) is 0 Å². The van der Waals surface area contributed by atoms with Crippen molar-refractivity contribution in [3.05, 3.63) is 35.9 Å². The van der Waals surface area contributed by atoms with Crippen molar-refractivity contribution >= 4 is 11.9 Å². The van der Waals surface area contributed by atoms with Gasteiger partial charge in [-0.05, 0) is 50.1 Å². The zero-order valence-electron chi connectivity index (χ0n) is 23.0. The Balaban J connectivity index is 1.47. The van der Waals surface area contributed by atoms with E-state index in [0.717, 1.165) is 38.8 Å². The SMILES string of the molecule is CCCN1CCC(C#N)(NC(=O)C(CC2CCCCC2)NC(=O)N2CCOCC2)CC1Cc1ccccc1. The molecule has 1 aromatic rings. The van der Waals surface area contributed by atoms with Crippen LogP contribution < -0.4 is 10.6 Å². The van der Waals surface area contributed by atoms with Gasteiger partial charge in [0.1, 0.15) is 11.6 Å². The number of nitrogens with zero attached hydrogens (tertiary/aromatic N) is 3. The Hall–Kier alpha value is -2.63. The van der Waals surface area contributed by atoms with E-state index < -0.39 is 11.6 Å². The summed E-state index contributed by atoms with van der Waals surface area (Å²) in [5.74, 6) is 0.195. The van der Waals surface area contributed by atoms with Crippen LogP contribution >= 0.6 is 0 Å². The van der Waals surface area contributed by atoms with Crippen LogP contribution in [0.25, 0.3) is 0 Å². The van der Waals surface area contributed by atoms with Crippen molar-refractivity contribution in [1.82, 2.24) is 20.4 Å². The Morgan fingerprint density at radius 2 is 1.87 bits per heavy atom. The van der Waals surface area contributed by atoms with Crippen LogP contribution in [0.1, 0.15) is 70.3 Å². The van der Waals surface area contributed by atoms with Crippen LogP contribution in [0.3, 0.4) is 0 Å². The van der Waals surface area contributed by atoms with Crippen LogP contribution in [-0.2, 0) is 16.0 Å². The van der Waals surface area contributed by atoms with Gasteiger partial charge >= 0.3 is 6.03 Å². The van der Waals surface area contributed by atoms with Gasteiger partial charge in [0.15, 0.2) is 0 Å². The van der Waals surface area contributed by atoms with Crippen LogP contribution in [0.4, 0.5) is 4.79 Å². The molecule has 4 rings (SSSR count). The highest BCUT2D eigenvalue weighted by molar-refractivity contribution is 5.87. The van der Waals surface area contributed by atoms with Crippen molar-refractivity contribution in [3.8, 4) is 6.07 Å². The van der Waals surface area contributed by atoms with Crippen LogP contribution in [0, 0.1) is 17.2 Å². The number of benzene rings is 1. The molecule has 3 unspecified atom stereocenters. The van der Waals surface area contributed by atoms with E-state index >= 15 is 0 Å². The van der Waals surface area contributed by atoms with Crippen molar-refractivity contribution in [3.63, 3.8) is 0 Å². The first-order chi connectivity index (χ1) is 18.5. The molecule has 1 aromatic carbocycles. The maximum atomic E-state index is 13.8. The van der Waals surface area contributed by atoms with E-state index in [-0.39, 0.29) is 18.0 Å². The van der Waals surface area contributed by atoms with Crippen LogP contribution in [-0.4, -0.2) is 78.8 Å². The molecule has 0 bridgehead atoms. The summed E-state index contributed by atoms with van der Waals surface area (Å²) in [4.78, 5) is 31.1. The topological polar surface area (TPSA) is 97.7 Å². The molecular formula is C30H45N5O3. The maximum absolute atomic E-state index is 13.8. The predicted molar refractivity (Wildman–Crippen MR) is 147 cm³/mol. The third kappa shape index (κ3) is 7.70. The van der Waals surface area contributed by atoms with Crippen molar-refractivity contribution in [2.24, 2.45) is 5.92 Å². The molecule has 3 fully saturated rings. The Labute approximate surface area is 228 Å². The number of piperidine rings is 1. The predicted octanol–water partition coefficient (Wildman–Crippen LogP) is 3.86. The smallest absolute Gasteiger partial charge is 0.318 e. The Bertz CT molecular complexity index is 939. The molecule has 1 aliphatic carbocycles. The van der Waals surface area contributed by atoms with Crippen molar-refractivity contribution in [2.75, 3.05) is 39.4 Å². The number of morpholine rings is 1. The lowest BCUT2D eigenvalue weighted by Gasteiger charge is -2.44. The Morgan fingerprint density at radius 3 is 2.55 bits per heavy atom. The van der Waals surface area contributed by atoms with E-state index in [9.17, 15) is 14.9 Å². The number of ether oxygens (including phenoxy) is 1. The fourth-order valence-electron chi connectivity index (χ4n) is 6.38. The number of urea groups is 1. The molecule has 2 aliphatic heterocycles. The molecule has 2 N–H and O–H groups in total. The summed E-state index contributed by atoms with van der Waals surface area (Å²) in [5.41, 5.74) is 0.307. The third-order valence-electron chi connectivity index (χ3n) is 8.53. The normalized spacial score (nSPS) is 25.8. The fourth-order valence-corrected chi connectivity index (χ4v) is 6.38. The molecule has 2 heterocycles. The largest absolute Gasteiger partial charge is 0.378 e. The van der Waals surface area contributed by atoms with E-state index in [1.807, 2.05) is 6.07 Å². The number of amides is 3. The number of carbonyl (C=O) groups is 2. The number of carbonyl (C=O) groups excluding carboxylic acids is 2. The molecule has 2 saturated heterocycles. The standard InChI is InChI=1S/C30H45N5O3/c1-2-14-34-15-13-30(23-31,22-26(34)20-24-9-5-3-6-10-24)33-28(36)27(21-25-11-7-4-8-12-25)32-29(37)35-16-18-38-19-17-35/h3,5-6,9-10,25-27H,2,4,7-8,11-22H2,1H3,(H,32,37)(H,33,36). The van der Waals surface area contributed by atoms with Crippen LogP contribution in [0.15, 0.2) is 30.3 Å². The lowest BCUT2D eigenvalue weighted by molar-refractivity contribution is -0.125. The average Bonchev–Trinajstić information content (AvgIpc) is 2.95. The maximum Gasteiger partial charge on any atom is 0.318 e. The first kappa shape index (κ1) is 28.4. The highest BCUT2D eigenvalue weighted by Gasteiger charge is 2.42. The fraction of sp³-hybridized carbons (Fsp3) is 0.700. The van der Waals surface area contributed by atoms with Gasteiger partial charge in [-0.2, -0.15) is 5.26 Å². The summed E-state index contributed by atoms with van der Waals surface area (Å²) in [6, 6.07) is 12.2. The van der Waals surface area contributed by atoms with Crippen LogP contribution in [0.5, 0.6) is 0 Å². The molecule has 8 heteroatoms. The summed E-state index contributed by atoms with van der Waals surface area (Å²) in [6.07, 6.45) is 9.46. The van der Waals surface area contributed by atoms with E-state index in [4.69, 9.17) is 4.74 Å². The van der Waals surface area contributed by atoms with Gasteiger partial charge in [0.25, 0.3) is 0 Å². The number of hydrogen-bond acceptors (Lipinski definition) is 5. The molecule has 8 nitrogen and oxygen atoms in total. The van der Waals surface area contributed by atoms with Gasteiger partial charge in [-0.25, -0.2) is 4.79 Å². The molecule has 38 heavy (non-hydrogen) atoms. The first-order valence-corrected chi connectivity index (χ1v) is 14.7. The van der Waals surface area contributed by atoms with Gasteiger partial charge in [0.2, 0.25) is 5.91 Å². The first-order valence-electron chi connectivity index (χ1n) is 14.7. The lowest BCUT2D eigenvalue weighted by atomic mass is 9.81. The molecule has 0 radical (unpaired) electrons. The minimum Gasteiger partial charge on any atom is -0.378 e. The van der Waals surface area contributed by atoms with Gasteiger partial charge in [0.05, 0.1) is 19.3 Å². The van der Waals surface area contributed by atoms with Crippen molar-refractivity contribution in [1.29, 1.82) is 5.26 Å². The molecule has 3 atom stereocenters. The van der Waals surface area contributed by atoms with E-state index in [1.54, 1.807) is 4.90 Å². The molecule has 0 aromatic heterocycles. The zero-order valence-corrected chi connectivity index (χ0v) is 23.0. The second-order valence-electron chi connectivity index (χ2n) is 11.4. The summed E-state index contributed by atoms with van der Waals surface area (Å²) < 4.78 is 5.39. The molecule has 0 spiro atoms. The lowest BCUT2D eigenvalue weighted by Crippen LogP contribution is -2.62. The number of rotatable bonds is 9. The highest BCUT2D eigenvalue weighted by atomic mass is 16.5. The minimum atomic E-state index is -0.935. The number of hydrogen-bond donors (Lipinski definition) is 2. The Kier molecular flexibility index (Phi) is 10.4. The molecule has 1 saturated carbocycles. The van der Waals surface area contributed by atoms with Gasteiger partial charge in [-0.1, -0.05) is 69.4 Å². The van der Waals surface area contributed by atoms with E-state index in [0.29, 0.717) is 51.5 Å². The number of nitriles is 1. The van der Waals surface area contributed by atoms with E-state index in [2.05, 4.69) is 52.8 Å². The molecule has 208 valence electrons. The summed E-state index contributed by atoms with van der Waals surface area (Å²) in [6.45, 7) is 6.02. The molecular weight excluding hydrogens is 478 g/mol. The van der Waals surface area contributed by atoms with Gasteiger partial charge in [-0.15, -0.1) is 0 Å². The summed E-state index contributed by atoms with van der Waals surface area (Å²) in [5, 5.41) is 16.6. The quantitative estimate of drug-likeness (QED) is 0.512. The Morgan fingerprint density at radius 1 is 1.13 bits per heavy atom. The summed E-state index contributed by atoms with van der Waals surface area (Å²) >= 11 is 0.